The van der Waals surface area contributed by atoms with Crippen molar-refractivity contribution in [2.24, 2.45) is 0 Å². The highest BCUT2D eigenvalue weighted by molar-refractivity contribution is 6.22. The minimum absolute atomic E-state index is 0.915. The third kappa shape index (κ3) is 3.85. The summed E-state index contributed by atoms with van der Waals surface area (Å²) >= 11 is 0. The molecule has 9 aromatic carbocycles. The van der Waals surface area contributed by atoms with Crippen molar-refractivity contribution in [2.45, 2.75) is 0 Å². The van der Waals surface area contributed by atoms with Crippen LogP contribution in [0.25, 0.3) is 104 Å². The number of benzene rings is 9. The van der Waals surface area contributed by atoms with Crippen LogP contribution in [-0.2, 0) is 0 Å². The van der Waals surface area contributed by atoms with E-state index < -0.39 is 0 Å². The normalized spacial score (nSPS) is 12.0. The zero-order valence-electron chi connectivity index (χ0n) is 27.1. The predicted molar refractivity (Wildman–Crippen MR) is 211 cm³/mol. The van der Waals surface area contributed by atoms with Gasteiger partial charge in [0.05, 0.1) is 16.7 Å². The van der Waals surface area contributed by atoms with E-state index in [0.29, 0.717) is 0 Å². The van der Waals surface area contributed by atoms with E-state index in [1.807, 2.05) is 6.07 Å². The van der Waals surface area contributed by atoms with Crippen molar-refractivity contribution in [3.63, 3.8) is 0 Å². The van der Waals surface area contributed by atoms with E-state index in [0.717, 1.165) is 21.9 Å². The molecule has 0 aliphatic carbocycles. The Balaban J connectivity index is 1.21. The summed E-state index contributed by atoms with van der Waals surface area (Å²) in [5.41, 5.74) is 10.3. The highest BCUT2D eigenvalue weighted by Gasteiger charge is 2.21. The lowest BCUT2D eigenvalue weighted by molar-refractivity contribution is 0.669. The first kappa shape index (κ1) is 27.3. The summed E-state index contributed by atoms with van der Waals surface area (Å²) in [4.78, 5) is 0. The number of furan rings is 1. The molecule has 0 saturated carbocycles. The first-order chi connectivity index (χ1) is 24.8. The molecule has 50 heavy (non-hydrogen) atoms. The highest BCUT2D eigenvalue weighted by Crippen LogP contribution is 2.45. The first-order valence-electron chi connectivity index (χ1n) is 17.2. The molecule has 0 amide bonds. The van der Waals surface area contributed by atoms with Crippen molar-refractivity contribution in [3.05, 3.63) is 176 Å². The van der Waals surface area contributed by atoms with Crippen molar-refractivity contribution in [1.29, 1.82) is 0 Å². The molecule has 0 radical (unpaired) electrons. The molecule has 0 N–H and O–H groups in total. The first-order valence-corrected chi connectivity index (χ1v) is 17.2. The van der Waals surface area contributed by atoms with E-state index in [9.17, 15) is 0 Å². The van der Waals surface area contributed by atoms with Crippen molar-refractivity contribution >= 4 is 76.1 Å². The third-order valence-corrected chi connectivity index (χ3v) is 10.6. The van der Waals surface area contributed by atoms with Crippen LogP contribution < -0.4 is 0 Å². The Morgan fingerprint density at radius 1 is 0.340 bits per heavy atom. The fourth-order valence-corrected chi connectivity index (χ4v) is 8.38. The van der Waals surface area contributed by atoms with E-state index >= 15 is 0 Å². The number of hydrogen-bond acceptors (Lipinski definition) is 1. The summed E-state index contributed by atoms with van der Waals surface area (Å²) in [7, 11) is 0. The molecule has 0 spiro atoms. The van der Waals surface area contributed by atoms with Gasteiger partial charge in [0.1, 0.15) is 11.2 Å². The summed E-state index contributed by atoms with van der Waals surface area (Å²) in [6.45, 7) is 0. The fourth-order valence-electron chi connectivity index (χ4n) is 8.38. The Bertz CT molecular complexity index is 3080. The molecule has 0 fully saturated rings. The quantitative estimate of drug-likeness (QED) is 0.177. The van der Waals surface area contributed by atoms with Crippen molar-refractivity contribution in [1.82, 2.24) is 4.57 Å². The van der Waals surface area contributed by atoms with Gasteiger partial charge in [-0.2, -0.15) is 0 Å². The average Bonchev–Trinajstić information content (AvgIpc) is 3.70. The maximum atomic E-state index is 6.38. The second-order valence-electron chi connectivity index (χ2n) is 13.2. The molecule has 232 valence electrons. The monoisotopic (exact) mass is 635 g/mol. The Hall–Kier alpha value is -6.64. The molecular weight excluding hydrogens is 607 g/mol. The minimum atomic E-state index is 0.915. The van der Waals surface area contributed by atoms with Crippen LogP contribution in [0, 0.1) is 0 Å². The molecule has 2 heteroatoms. The maximum absolute atomic E-state index is 6.38. The number of hydrogen-bond donors (Lipinski definition) is 0. The second kappa shape index (κ2) is 10.4. The molecule has 2 heterocycles. The fraction of sp³-hybridized carbons (Fsp3) is 0. The van der Waals surface area contributed by atoms with Gasteiger partial charge < -0.3 is 8.98 Å². The molecule has 11 rings (SSSR count). The zero-order valence-corrected chi connectivity index (χ0v) is 27.1. The third-order valence-electron chi connectivity index (χ3n) is 10.6. The lowest BCUT2D eigenvalue weighted by atomic mass is 9.89. The van der Waals surface area contributed by atoms with Crippen LogP contribution in [0.3, 0.4) is 0 Å². The topological polar surface area (TPSA) is 18.1 Å². The largest absolute Gasteiger partial charge is 0.456 e. The van der Waals surface area contributed by atoms with Crippen LogP contribution in [0.15, 0.2) is 180 Å². The summed E-state index contributed by atoms with van der Waals surface area (Å²) in [6.07, 6.45) is 0. The van der Waals surface area contributed by atoms with E-state index in [-0.39, 0.29) is 0 Å². The summed E-state index contributed by atoms with van der Waals surface area (Å²) < 4.78 is 8.87. The van der Waals surface area contributed by atoms with Crippen LogP contribution >= 0.6 is 0 Å². The summed E-state index contributed by atoms with van der Waals surface area (Å²) in [5.74, 6) is 0. The molecule has 0 atom stereocenters. The predicted octanol–water partition coefficient (Wildman–Crippen LogP) is 13.5. The van der Waals surface area contributed by atoms with Crippen molar-refractivity contribution in [3.8, 4) is 27.9 Å². The summed E-state index contributed by atoms with van der Waals surface area (Å²) in [5, 5.41) is 12.1. The number of aromatic nitrogens is 1. The number of para-hydroxylation sites is 2. The van der Waals surface area contributed by atoms with Crippen LogP contribution in [-0.4, -0.2) is 4.57 Å². The SMILES string of the molecule is c1ccc2c(-c3ccc(-c4c5ccccc5c(-n5c6ccccc6c6cc7oc8ccccc8c7cc65)c5ccccc45)cc3)cccc2c1. The Kier molecular flexibility index (Phi) is 5.70. The van der Waals surface area contributed by atoms with Gasteiger partial charge in [0, 0.05) is 32.3 Å². The van der Waals surface area contributed by atoms with Gasteiger partial charge in [0.15, 0.2) is 0 Å². The Morgan fingerprint density at radius 2 is 0.920 bits per heavy atom. The standard InChI is InChI=1S/C48H29NO/c1-2-14-33-30(12-1)13-11-21-34(33)31-24-26-32(27-25-31)47-37-17-3-5-19-39(37)48(40-20-6-4-18-38(40)47)49-43-22-9-7-15-35(43)41-29-46-42(28-44(41)49)36-16-8-10-23-45(36)50-46/h1-29H. The van der Waals surface area contributed by atoms with Crippen LogP contribution in [0.2, 0.25) is 0 Å². The van der Waals surface area contributed by atoms with Gasteiger partial charge in [0.2, 0.25) is 0 Å². The Morgan fingerprint density at radius 3 is 1.68 bits per heavy atom. The second-order valence-corrected chi connectivity index (χ2v) is 13.2. The van der Waals surface area contributed by atoms with Gasteiger partial charge >= 0.3 is 0 Å². The molecule has 0 aliphatic heterocycles. The number of nitrogens with zero attached hydrogens (tertiary/aromatic N) is 1. The van der Waals surface area contributed by atoms with Crippen molar-refractivity contribution < 1.29 is 4.42 Å². The van der Waals surface area contributed by atoms with Crippen LogP contribution in [0.1, 0.15) is 0 Å². The maximum Gasteiger partial charge on any atom is 0.136 e. The molecule has 11 aromatic rings. The molecule has 0 aliphatic rings. The van der Waals surface area contributed by atoms with Gasteiger partial charge in [0.25, 0.3) is 0 Å². The lowest BCUT2D eigenvalue weighted by Gasteiger charge is -2.19. The van der Waals surface area contributed by atoms with E-state index in [2.05, 4.69) is 174 Å². The molecule has 2 aromatic heterocycles. The molecule has 0 saturated heterocycles. The van der Waals surface area contributed by atoms with E-state index in [1.165, 1.54) is 82.1 Å². The average molecular weight is 636 g/mol. The molecule has 0 unspecified atom stereocenters. The van der Waals surface area contributed by atoms with Gasteiger partial charge in [-0.1, -0.05) is 152 Å². The van der Waals surface area contributed by atoms with Gasteiger partial charge in [-0.3, -0.25) is 0 Å². The van der Waals surface area contributed by atoms with Crippen LogP contribution in [0.5, 0.6) is 0 Å². The summed E-state index contributed by atoms with van der Waals surface area (Å²) in [6, 6.07) is 63.9. The number of fused-ring (bicyclic) bond motifs is 9. The van der Waals surface area contributed by atoms with Gasteiger partial charge in [-0.25, -0.2) is 0 Å². The molecule has 2 nitrogen and oxygen atoms in total. The van der Waals surface area contributed by atoms with Crippen LogP contribution in [0.4, 0.5) is 0 Å². The minimum Gasteiger partial charge on any atom is -0.456 e. The molecular formula is C48H29NO. The Labute approximate surface area is 288 Å². The van der Waals surface area contributed by atoms with Gasteiger partial charge in [-0.05, 0) is 68.1 Å². The molecule has 0 bridgehead atoms. The van der Waals surface area contributed by atoms with E-state index in [1.54, 1.807) is 0 Å². The van der Waals surface area contributed by atoms with Gasteiger partial charge in [-0.15, -0.1) is 0 Å². The van der Waals surface area contributed by atoms with E-state index in [4.69, 9.17) is 4.42 Å². The highest BCUT2D eigenvalue weighted by atomic mass is 16.3. The van der Waals surface area contributed by atoms with Crippen molar-refractivity contribution in [2.75, 3.05) is 0 Å². The smallest absolute Gasteiger partial charge is 0.136 e. The zero-order chi connectivity index (χ0) is 32.8. The number of rotatable bonds is 3. The lowest BCUT2D eigenvalue weighted by Crippen LogP contribution is -1.99.